The number of allylic oxidation sites excluding steroid dienone is 1. The lowest BCUT2D eigenvalue weighted by molar-refractivity contribution is 0.156. The van der Waals surface area contributed by atoms with Crippen LogP contribution in [-0.4, -0.2) is 0 Å². The van der Waals surface area contributed by atoms with Gasteiger partial charge >= 0.3 is 0 Å². The van der Waals surface area contributed by atoms with Crippen LogP contribution >= 0.6 is 0 Å². The summed E-state index contributed by atoms with van der Waals surface area (Å²) in [6, 6.07) is 8.86. The summed E-state index contributed by atoms with van der Waals surface area (Å²) in [5.74, 6) is 4.81. The molecule has 0 heterocycles. The van der Waals surface area contributed by atoms with Crippen LogP contribution < -0.4 is 4.74 Å². The van der Waals surface area contributed by atoms with E-state index < -0.39 is 0 Å². The second kappa shape index (κ2) is 10.9. The maximum Gasteiger partial charge on any atom is 0.126 e. The Morgan fingerprint density at radius 2 is 1.48 bits per heavy atom. The molecule has 0 unspecified atom stereocenters. The fourth-order valence-electron chi connectivity index (χ4n) is 5.41. The van der Waals surface area contributed by atoms with Crippen LogP contribution in [0.25, 0.3) is 0 Å². The van der Waals surface area contributed by atoms with Gasteiger partial charge in [-0.25, -0.2) is 0 Å². The predicted octanol–water partition coefficient (Wildman–Crippen LogP) is 8.26. The summed E-state index contributed by atoms with van der Waals surface area (Å²) in [5.41, 5.74) is 1.52. The van der Waals surface area contributed by atoms with Gasteiger partial charge in [0.2, 0.25) is 0 Å². The molecule has 150 valence electrons. The molecular formula is C26H40O. The van der Waals surface area contributed by atoms with Gasteiger partial charge in [0.05, 0.1) is 6.26 Å². The first-order chi connectivity index (χ1) is 13.3. The Morgan fingerprint density at radius 3 is 2.07 bits per heavy atom. The van der Waals surface area contributed by atoms with E-state index in [1.54, 1.807) is 6.26 Å². The highest BCUT2D eigenvalue weighted by Gasteiger charge is 2.31. The molecule has 0 atom stereocenters. The molecular weight excluding hydrogens is 328 g/mol. The molecule has 0 spiro atoms. The normalized spacial score (nSPS) is 29.1. The molecule has 0 amide bonds. The van der Waals surface area contributed by atoms with E-state index >= 15 is 0 Å². The standard InChI is InChI=1S/C26H40O/c1-3-5-7-21-8-10-22(11-9-21)23-12-14-24(15-13-23)25-16-18-26(19-17-25)27-20-6-4-2/h6,16-24H,3-5,7-15H2,1-2H3/b20-6+. The van der Waals surface area contributed by atoms with Gasteiger partial charge < -0.3 is 4.74 Å². The molecule has 1 aromatic carbocycles. The summed E-state index contributed by atoms with van der Waals surface area (Å²) < 4.78 is 5.64. The Hall–Kier alpha value is -1.24. The summed E-state index contributed by atoms with van der Waals surface area (Å²) in [6.45, 7) is 4.45. The highest BCUT2D eigenvalue weighted by Crippen LogP contribution is 2.44. The average Bonchev–Trinajstić information content (AvgIpc) is 2.73. The molecule has 0 saturated heterocycles. The summed E-state index contributed by atoms with van der Waals surface area (Å²) in [7, 11) is 0. The van der Waals surface area contributed by atoms with E-state index in [9.17, 15) is 0 Å². The summed E-state index contributed by atoms with van der Waals surface area (Å²) in [6.07, 6.45) is 20.9. The fourth-order valence-corrected chi connectivity index (χ4v) is 5.41. The van der Waals surface area contributed by atoms with E-state index in [-0.39, 0.29) is 0 Å². The maximum atomic E-state index is 5.64. The summed E-state index contributed by atoms with van der Waals surface area (Å²) in [5, 5.41) is 0. The largest absolute Gasteiger partial charge is 0.465 e. The number of unbranched alkanes of at least 4 members (excludes halogenated alkanes) is 1. The number of benzene rings is 1. The molecule has 1 aromatic rings. The van der Waals surface area contributed by atoms with Gasteiger partial charge in [-0.05, 0) is 92.4 Å². The molecule has 2 aliphatic carbocycles. The van der Waals surface area contributed by atoms with Crippen molar-refractivity contribution in [3.8, 4) is 5.75 Å². The third kappa shape index (κ3) is 6.13. The van der Waals surface area contributed by atoms with Gasteiger partial charge in [0.15, 0.2) is 0 Å². The lowest BCUT2D eigenvalue weighted by Crippen LogP contribution is -2.25. The molecule has 0 aromatic heterocycles. The van der Waals surface area contributed by atoms with Crippen LogP contribution in [0.15, 0.2) is 36.6 Å². The van der Waals surface area contributed by atoms with Crippen molar-refractivity contribution in [3.05, 3.63) is 42.2 Å². The van der Waals surface area contributed by atoms with Gasteiger partial charge in [-0.1, -0.05) is 58.1 Å². The molecule has 0 radical (unpaired) electrons. The van der Waals surface area contributed by atoms with Crippen LogP contribution in [0.3, 0.4) is 0 Å². The fraction of sp³-hybridized carbons (Fsp3) is 0.692. The first kappa shape index (κ1) is 20.5. The lowest BCUT2D eigenvalue weighted by Gasteiger charge is -2.38. The van der Waals surface area contributed by atoms with E-state index in [0.29, 0.717) is 0 Å². The Bertz CT molecular complexity index is 542. The minimum absolute atomic E-state index is 0.766. The second-order valence-electron chi connectivity index (χ2n) is 9.00. The molecule has 1 heteroatoms. The summed E-state index contributed by atoms with van der Waals surface area (Å²) in [4.78, 5) is 0. The highest BCUT2D eigenvalue weighted by atomic mass is 16.5. The van der Waals surface area contributed by atoms with Gasteiger partial charge in [0.25, 0.3) is 0 Å². The molecule has 2 saturated carbocycles. The van der Waals surface area contributed by atoms with Crippen LogP contribution in [0.2, 0.25) is 0 Å². The number of hydrogen-bond acceptors (Lipinski definition) is 1. The van der Waals surface area contributed by atoms with Gasteiger partial charge in [-0.15, -0.1) is 0 Å². The Balaban J connectivity index is 1.42. The number of ether oxygens (including phenoxy) is 1. The Kier molecular flexibility index (Phi) is 8.30. The predicted molar refractivity (Wildman–Crippen MR) is 116 cm³/mol. The molecule has 0 bridgehead atoms. The molecule has 0 N–H and O–H groups in total. The molecule has 3 rings (SSSR count). The van der Waals surface area contributed by atoms with Gasteiger partial charge in [0, 0.05) is 0 Å². The summed E-state index contributed by atoms with van der Waals surface area (Å²) >= 11 is 0. The van der Waals surface area contributed by atoms with Crippen molar-refractivity contribution in [2.24, 2.45) is 17.8 Å². The SMILES string of the molecule is CC/C=C/Oc1ccc(C2CCC(C3CCC(CCCC)CC3)CC2)cc1. The molecule has 0 aliphatic heterocycles. The molecule has 27 heavy (non-hydrogen) atoms. The van der Waals surface area contributed by atoms with E-state index in [1.807, 2.05) is 6.08 Å². The minimum Gasteiger partial charge on any atom is -0.465 e. The maximum absolute atomic E-state index is 5.64. The zero-order chi connectivity index (χ0) is 18.9. The zero-order valence-electron chi connectivity index (χ0n) is 17.7. The average molecular weight is 369 g/mol. The smallest absolute Gasteiger partial charge is 0.126 e. The quantitative estimate of drug-likeness (QED) is 0.420. The van der Waals surface area contributed by atoms with Gasteiger partial charge in [-0.3, -0.25) is 0 Å². The third-order valence-electron chi connectivity index (χ3n) is 7.18. The van der Waals surface area contributed by atoms with Crippen molar-refractivity contribution in [3.63, 3.8) is 0 Å². The van der Waals surface area contributed by atoms with Crippen molar-refractivity contribution in [2.75, 3.05) is 0 Å². The van der Waals surface area contributed by atoms with Crippen molar-refractivity contribution in [2.45, 2.75) is 96.8 Å². The van der Waals surface area contributed by atoms with Crippen LogP contribution in [0.4, 0.5) is 0 Å². The first-order valence-corrected chi connectivity index (χ1v) is 11.7. The van der Waals surface area contributed by atoms with Crippen LogP contribution in [0.5, 0.6) is 5.75 Å². The van der Waals surface area contributed by atoms with Gasteiger partial charge in [-0.2, -0.15) is 0 Å². The van der Waals surface area contributed by atoms with Crippen molar-refractivity contribution >= 4 is 0 Å². The van der Waals surface area contributed by atoms with Crippen LogP contribution in [0, 0.1) is 17.8 Å². The van der Waals surface area contributed by atoms with E-state index in [4.69, 9.17) is 4.74 Å². The minimum atomic E-state index is 0.766. The lowest BCUT2D eigenvalue weighted by atomic mass is 9.68. The topological polar surface area (TPSA) is 9.23 Å². The van der Waals surface area contributed by atoms with Crippen molar-refractivity contribution in [1.29, 1.82) is 0 Å². The third-order valence-corrected chi connectivity index (χ3v) is 7.18. The first-order valence-electron chi connectivity index (χ1n) is 11.7. The molecule has 1 nitrogen and oxygen atoms in total. The van der Waals surface area contributed by atoms with E-state index in [2.05, 4.69) is 38.1 Å². The Morgan fingerprint density at radius 1 is 0.852 bits per heavy atom. The zero-order valence-corrected chi connectivity index (χ0v) is 17.7. The number of rotatable bonds is 8. The second-order valence-corrected chi connectivity index (χ2v) is 9.00. The van der Waals surface area contributed by atoms with Crippen LogP contribution in [-0.2, 0) is 0 Å². The van der Waals surface area contributed by atoms with Crippen LogP contribution in [0.1, 0.15) is 102 Å². The molecule has 2 aliphatic rings. The van der Waals surface area contributed by atoms with E-state index in [0.717, 1.165) is 35.8 Å². The van der Waals surface area contributed by atoms with Crippen molar-refractivity contribution < 1.29 is 4.74 Å². The number of hydrogen-bond donors (Lipinski definition) is 0. The molecule has 2 fully saturated rings. The van der Waals surface area contributed by atoms with Gasteiger partial charge in [0.1, 0.15) is 5.75 Å². The highest BCUT2D eigenvalue weighted by molar-refractivity contribution is 5.30. The van der Waals surface area contributed by atoms with E-state index in [1.165, 1.54) is 76.2 Å². The Labute approximate surface area is 167 Å². The monoisotopic (exact) mass is 368 g/mol. The van der Waals surface area contributed by atoms with Crippen molar-refractivity contribution in [1.82, 2.24) is 0 Å².